The molecule has 0 amide bonds. The Labute approximate surface area is 94.9 Å². The van der Waals surface area contributed by atoms with Crippen molar-refractivity contribution >= 4 is 0 Å². The van der Waals surface area contributed by atoms with Crippen molar-refractivity contribution in [3.8, 4) is 0 Å². The minimum Gasteiger partial charge on any atom is -0.382 e. The molecule has 0 aliphatic rings. The topological polar surface area (TPSA) is 20.2 Å². The van der Waals surface area contributed by atoms with Gasteiger partial charge in [-0.15, -0.1) is 0 Å². The van der Waals surface area contributed by atoms with Crippen LogP contribution in [0.1, 0.15) is 24.2 Å². The molecule has 1 aromatic rings. The highest BCUT2D eigenvalue weighted by Gasteiger charge is 2.62. The molecule has 0 saturated heterocycles. The molecule has 96 valence electrons. The maximum absolute atomic E-state index is 12.9. The highest BCUT2D eigenvalue weighted by Crippen LogP contribution is 2.44. The number of hydrogen-bond donors (Lipinski definition) is 1. The van der Waals surface area contributed by atoms with Gasteiger partial charge >= 0.3 is 12.1 Å². The van der Waals surface area contributed by atoms with Gasteiger partial charge in [0.25, 0.3) is 0 Å². The number of alkyl halides is 5. The van der Waals surface area contributed by atoms with Gasteiger partial charge in [-0.2, -0.15) is 22.0 Å². The molecule has 0 spiro atoms. The second-order valence-corrected chi connectivity index (χ2v) is 3.62. The predicted molar refractivity (Wildman–Crippen MR) is 51.8 cm³/mol. The van der Waals surface area contributed by atoms with E-state index in [1.165, 1.54) is 6.07 Å². The number of aliphatic hydroxyl groups excluding tert-OH is 1. The normalized spacial score (nSPS) is 14.8. The van der Waals surface area contributed by atoms with Gasteiger partial charge in [0.05, 0.1) is 0 Å². The average Bonchev–Trinajstić information content (AvgIpc) is 2.26. The van der Waals surface area contributed by atoms with E-state index in [1.807, 2.05) is 0 Å². The molecule has 1 N–H and O–H groups in total. The van der Waals surface area contributed by atoms with Crippen LogP contribution in [0, 0.1) is 0 Å². The molecule has 0 saturated carbocycles. The third-order valence-electron chi connectivity index (χ3n) is 2.40. The van der Waals surface area contributed by atoms with Crippen molar-refractivity contribution in [1.29, 1.82) is 0 Å². The van der Waals surface area contributed by atoms with Crippen molar-refractivity contribution in [2.24, 2.45) is 0 Å². The van der Waals surface area contributed by atoms with E-state index < -0.39 is 23.8 Å². The highest BCUT2D eigenvalue weighted by atomic mass is 19.4. The minimum atomic E-state index is -5.77. The zero-order valence-electron chi connectivity index (χ0n) is 8.93. The van der Waals surface area contributed by atoms with Crippen LogP contribution in [0.15, 0.2) is 24.3 Å². The van der Waals surface area contributed by atoms with Crippen LogP contribution in [0.2, 0.25) is 0 Å². The molecule has 17 heavy (non-hydrogen) atoms. The molecule has 0 aliphatic carbocycles. The molecule has 6 heteroatoms. The summed E-state index contributed by atoms with van der Waals surface area (Å²) in [5.74, 6) is -5.15. The maximum Gasteiger partial charge on any atom is 0.456 e. The molecule has 1 unspecified atom stereocenters. The predicted octanol–water partition coefficient (Wildman–Crippen LogP) is 3.48. The average molecular weight is 254 g/mol. The van der Waals surface area contributed by atoms with Crippen molar-refractivity contribution in [2.75, 3.05) is 0 Å². The quantitative estimate of drug-likeness (QED) is 0.819. The summed E-state index contributed by atoms with van der Waals surface area (Å²) in [6.07, 6.45) is -8.17. The molecule has 1 rings (SSSR count). The molecule has 0 fully saturated rings. The van der Waals surface area contributed by atoms with E-state index in [1.54, 1.807) is 13.0 Å². The second kappa shape index (κ2) is 4.60. The fourth-order valence-corrected chi connectivity index (χ4v) is 1.35. The molecule has 1 nitrogen and oxygen atoms in total. The van der Waals surface area contributed by atoms with Crippen molar-refractivity contribution in [2.45, 2.75) is 31.5 Å². The van der Waals surface area contributed by atoms with Crippen LogP contribution in [0.3, 0.4) is 0 Å². The van der Waals surface area contributed by atoms with Gasteiger partial charge in [0, 0.05) is 0 Å². The van der Waals surface area contributed by atoms with Crippen LogP contribution in [0.4, 0.5) is 22.0 Å². The summed E-state index contributed by atoms with van der Waals surface area (Å²) < 4.78 is 61.9. The summed E-state index contributed by atoms with van der Waals surface area (Å²) in [6.45, 7) is 1.73. The Morgan fingerprint density at radius 1 is 1.18 bits per heavy atom. The summed E-state index contributed by atoms with van der Waals surface area (Å²) in [5, 5.41) is 9.13. The van der Waals surface area contributed by atoms with E-state index in [-0.39, 0.29) is 0 Å². The first kappa shape index (κ1) is 13.9. The molecule has 0 bridgehead atoms. The summed E-state index contributed by atoms with van der Waals surface area (Å²) in [7, 11) is 0. The van der Waals surface area contributed by atoms with Crippen molar-refractivity contribution in [3.05, 3.63) is 35.4 Å². The summed E-state index contributed by atoms with van der Waals surface area (Å²) in [6, 6.07) is 5.11. The molecule has 1 atom stereocenters. The van der Waals surface area contributed by atoms with Crippen LogP contribution in [0.5, 0.6) is 0 Å². The number of hydrogen-bond acceptors (Lipinski definition) is 1. The van der Waals surface area contributed by atoms with Crippen LogP contribution in [0.25, 0.3) is 0 Å². The van der Waals surface area contributed by atoms with Crippen molar-refractivity contribution < 1.29 is 27.1 Å². The third kappa shape index (κ3) is 2.74. The highest BCUT2D eigenvalue weighted by molar-refractivity contribution is 5.26. The van der Waals surface area contributed by atoms with Crippen molar-refractivity contribution in [3.63, 3.8) is 0 Å². The Morgan fingerprint density at radius 3 is 2.24 bits per heavy atom. The Morgan fingerprint density at radius 2 is 1.76 bits per heavy atom. The fourth-order valence-electron chi connectivity index (χ4n) is 1.35. The van der Waals surface area contributed by atoms with E-state index in [4.69, 9.17) is 5.11 Å². The zero-order chi connectivity index (χ0) is 13.3. The standard InChI is InChI=1S/C11H11F5O/c1-2-7-4-3-5-8(6-7)9(17)10(12,13)11(14,15)16/h3-6,9,17H,2H2,1H3. The Kier molecular flexibility index (Phi) is 3.76. The molecular weight excluding hydrogens is 243 g/mol. The monoisotopic (exact) mass is 254 g/mol. The maximum atomic E-state index is 12.9. The first-order chi connectivity index (χ1) is 7.70. The van der Waals surface area contributed by atoms with E-state index >= 15 is 0 Å². The lowest BCUT2D eigenvalue weighted by Crippen LogP contribution is -2.42. The molecule has 0 aliphatic heterocycles. The van der Waals surface area contributed by atoms with Crippen LogP contribution >= 0.6 is 0 Å². The van der Waals surface area contributed by atoms with Gasteiger partial charge in [0.2, 0.25) is 0 Å². The first-order valence-electron chi connectivity index (χ1n) is 4.91. The number of benzene rings is 1. The van der Waals surface area contributed by atoms with Gasteiger partial charge in [0.15, 0.2) is 6.10 Å². The molecule has 0 radical (unpaired) electrons. The Balaban J connectivity index is 3.07. The van der Waals surface area contributed by atoms with Gasteiger partial charge < -0.3 is 5.11 Å². The third-order valence-corrected chi connectivity index (χ3v) is 2.40. The van der Waals surface area contributed by atoms with Crippen molar-refractivity contribution in [1.82, 2.24) is 0 Å². The summed E-state index contributed by atoms with van der Waals surface area (Å²) in [5.41, 5.74) is 0.145. The molecular formula is C11H11F5O. The Bertz CT molecular complexity index is 386. The largest absolute Gasteiger partial charge is 0.456 e. The van der Waals surface area contributed by atoms with Gasteiger partial charge in [-0.05, 0) is 17.5 Å². The van der Waals surface area contributed by atoms with E-state index in [9.17, 15) is 22.0 Å². The van der Waals surface area contributed by atoms with E-state index in [2.05, 4.69) is 0 Å². The lowest BCUT2D eigenvalue weighted by atomic mass is 10.00. The van der Waals surface area contributed by atoms with E-state index in [0.29, 0.717) is 12.0 Å². The smallest absolute Gasteiger partial charge is 0.382 e. The lowest BCUT2D eigenvalue weighted by molar-refractivity contribution is -0.315. The Hall–Kier alpha value is -1.17. The van der Waals surface area contributed by atoms with Crippen LogP contribution in [-0.4, -0.2) is 17.2 Å². The molecule has 1 aromatic carbocycles. The number of rotatable bonds is 3. The zero-order valence-corrected chi connectivity index (χ0v) is 8.93. The first-order valence-corrected chi connectivity index (χ1v) is 4.91. The van der Waals surface area contributed by atoms with Gasteiger partial charge in [0.1, 0.15) is 0 Å². The summed E-state index contributed by atoms with van der Waals surface area (Å²) in [4.78, 5) is 0. The molecule has 0 heterocycles. The lowest BCUT2D eigenvalue weighted by Gasteiger charge is -2.25. The van der Waals surface area contributed by atoms with E-state index in [0.717, 1.165) is 12.1 Å². The van der Waals surface area contributed by atoms with Crippen LogP contribution in [-0.2, 0) is 6.42 Å². The van der Waals surface area contributed by atoms with Gasteiger partial charge in [-0.25, -0.2) is 0 Å². The fraction of sp³-hybridized carbons (Fsp3) is 0.455. The number of aliphatic hydroxyl groups is 1. The summed E-state index contributed by atoms with van der Waals surface area (Å²) >= 11 is 0. The van der Waals surface area contributed by atoms with Gasteiger partial charge in [-0.3, -0.25) is 0 Å². The second-order valence-electron chi connectivity index (χ2n) is 3.62. The number of aryl methyl sites for hydroxylation is 1. The minimum absolute atomic E-state index is 0.438. The molecule has 0 aromatic heterocycles. The number of halogens is 5. The van der Waals surface area contributed by atoms with Crippen LogP contribution < -0.4 is 0 Å². The SMILES string of the molecule is CCc1cccc(C(O)C(F)(F)C(F)(F)F)c1. The van der Waals surface area contributed by atoms with Gasteiger partial charge in [-0.1, -0.05) is 31.2 Å².